The summed E-state index contributed by atoms with van der Waals surface area (Å²) in [7, 11) is 0. The fourth-order valence-electron chi connectivity index (χ4n) is 3.30. The zero-order valence-electron chi connectivity index (χ0n) is 13.3. The van der Waals surface area contributed by atoms with E-state index < -0.39 is 0 Å². The van der Waals surface area contributed by atoms with Crippen molar-refractivity contribution in [2.24, 2.45) is 5.92 Å². The van der Waals surface area contributed by atoms with Crippen LogP contribution in [0.1, 0.15) is 38.2 Å². The van der Waals surface area contributed by atoms with Crippen LogP contribution in [0, 0.1) is 5.92 Å². The normalized spacial score (nSPS) is 24.4. The molecule has 1 heterocycles. The topological polar surface area (TPSA) is 38.3 Å². The van der Waals surface area contributed by atoms with Gasteiger partial charge in [0, 0.05) is 16.8 Å². The molecule has 0 aromatic heterocycles. The molecule has 1 aromatic rings. The number of esters is 1. The number of carbonyl (C=O) groups excluding carboxylic acids is 1. The summed E-state index contributed by atoms with van der Waals surface area (Å²) in [6, 6.07) is 8.10. The van der Waals surface area contributed by atoms with E-state index in [1.165, 1.54) is 25.7 Å². The molecule has 0 spiro atoms. The number of rotatable bonds is 3. The third kappa shape index (κ3) is 3.86. The molecule has 2 atom stereocenters. The van der Waals surface area contributed by atoms with Crippen molar-refractivity contribution >= 4 is 35.0 Å². The van der Waals surface area contributed by atoms with Crippen LogP contribution in [-0.2, 0) is 9.53 Å². The van der Waals surface area contributed by atoms with Crippen LogP contribution in [0.25, 0.3) is 5.70 Å². The number of nitrogens with one attached hydrogen (secondary N) is 1. The molecule has 1 saturated carbocycles. The van der Waals surface area contributed by atoms with E-state index in [1.807, 2.05) is 31.2 Å². The molecule has 1 aliphatic heterocycles. The van der Waals surface area contributed by atoms with Crippen molar-refractivity contribution in [3.8, 4) is 0 Å². The van der Waals surface area contributed by atoms with E-state index in [4.69, 9.17) is 16.3 Å². The molecule has 5 heteroatoms. The van der Waals surface area contributed by atoms with Crippen LogP contribution < -0.4 is 5.32 Å². The number of benzene rings is 1. The zero-order chi connectivity index (χ0) is 16.2. The molecule has 1 aliphatic carbocycles. The number of ether oxygens (including phenoxy) is 1. The lowest BCUT2D eigenvalue weighted by Crippen LogP contribution is -2.37. The highest BCUT2D eigenvalue weighted by Crippen LogP contribution is 2.38. The van der Waals surface area contributed by atoms with Gasteiger partial charge >= 0.3 is 5.97 Å². The van der Waals surface area contributed by atoms with Gasteiger partial charge in [0.2, 0.25) is 0 Å². The minimum Gasteiger partial charge on any atom is -0.462 e. The number of hydrogen-bond donors (Lipinski definition) is 1. The molecule has 0 amide bonds. The van der Waals surface area contributed by atoms with Gasteiger partial charge in [-0.2, -0.15) is 0 Å². The summed E-state index contributed by atoms with van der Waals surface area (Å²) < 4.78 is 5.28. The van der Waals surface area contributed by atoms with Gasteiger partial charge in [-0.1, -0.05) is 36.6 Å². The molecule has 2 aliphatic rings. The highest BCUT2D eigenvalue weighted by molar-refractivity contribution is 8.04. The third-order valence-corrected chi connectivity index (χ3v) is 6.01. The largest absolute Gasteiger partial charge is 0.462 e. The maximum absolute atomic E-state index is 12.4. The second kappa shape index (κ2) is 7.63. The Bertz CT molecular complexity index is 600. The summed E-state index contributed by atoms with van der Waals surface area (Å²) in [5, 5.41) is 4.36. The van der Waals surface area contributed by atoms with E-state index in [0.29, 0.717) is 28.5 Å². The van der Waals surface area contributed by atoms with Crippen molar-refractivity contribution < 1.29 is 9.53 Å². The summed E-state index contributed by atoms with van der Waals surface area (Å²) in [6.07, 6.45) is 4.93. The highest BCUT2D eigenvalue weighted by Gasteiger charge is 2.32. The fraction of sp³-hybridized carbons (Fsp3) is 0.500. The standard InChI is InChI=1S/C18H22ClNO2S/c1-2-22-18(21)17-16(12-7-9-14(19)10-8-12)20-15-6-4-3-5-13(15)11-23-17/h7-10,13,15,20H,2-6,11H2,1H3/t13-,15-/m0/s1. The maximum atomic E-state index is 12.4. The average Bonchev–Trinajstić information content (AvgIpc) is 2.75. The lowest BCUT2D eigenvalue weighted by Gasteiger charge is -2.31. The SMILES string of the molecule is CCOC(=O)C1=C(c2ccc(Cl)cc2)N[C@H]2CCCC[C@H]2CS1. The van der Waals surface area contributed by atoms with E-state index in [1.54, 1.807) is 11.8 Å². The van der Waals surface area contributed by atoms with Crippen LogP contribution in [0.3, 0.4) is 0 Å². The number of thioether (sulfide) groups is 1. The first-order valence-corrected chi connectivity index (χ1v) is 9.62. The van der Waals surface area contributed by atoms with Crippen LogP contribution in [0.15, 0.2) is 29.2 Å². The van der Waals surface area contributed by atoms with Gasteiger partial charge < -0.3 is 10.1 Å². The van der Waals surface area contributed by atoms with Crippen molar-refractivity contribution in [3.05, 3.63) is 39.8 Å². The van der Waals surface area contributed by atoms with Gasteiger partial charge in [0.1, 0.15) is 4.91 Å². The van der Waals surface area contributed by atoms with Gasteiger partial charge in [-0.15, -0.1) is 11.8 Å². The molecule has 3 rings (SSSR count). The van der Waals surface area contributed by atoms with Crippen molar-refractivity contribution in [1.29, 1.82) is 0 Å². The van der Waals surface area contributed by atoms with Gasteiger partial charge in [0.05, 0.1) is 12.3 Å². The van der Waals surface area contributed by atoms with Gasteiger partial charge in [0.25, 0.3) is 0 Å². The Morgan fingerprint density at radius 1 is 1.30 bits per heavy atom. The molecule has 0 saturated heterocycles. The first kappa shape index (κ1) is 16.7. The molecule has 3 nitrogen and oxygen atoms in total. The quantitative estimate of drug-likeness (QED) is 0.815. The van der Waals surface area contributed by atoms with Crippen LogP contribution in [0.2, 0.25) is 5.02 Å². The minimum atomic E-state index is -0.228. The Balaban J connectivity index is 1.97. The Hall–Kier alpha value is -1.13. The fourth-order valence-corrected chi connectivity index (χ4v) is 4.70. The van der Waals surface area contributed by atoms with Gasteiger partial charge in [-0.3, -0.25) is 0 Å². The summed E-state index contributed by atoms with van der Waals surface area (Å²) in [4.78, 5) is 13.1. The van der Waals surface area contributed by atoms with Crippen molar-refractivity contribution in [2.45, 2.75) is 38.6 Å². The molecular weight excluding hydrogens is 330 g/mol. The van der Waals surface area contributed by atoms with Gasteiger partial charge in [-0.25, -0.2) is 4.79 Å². The lowest BCUT2D eigenvalue weighted by molar-refractivity contribution is -0.137. The van der Waals surface area contributed by atoms with Crippen LogP contribution in [-0.4, -0.2) is 24.4 Å². The molecule has 1 aromatic carbocycles. The average molecular weight is 352 g/mol. The number of carbonyl (C=O) groups is 1. The molecule has 23 heavy (non-hydrogen) atoms. The summed E-state index contributed by atoms with van der Waals surface area (Å²) in [5.41, 5.74) is 1.90. The first-order chi connectivity index (χ1) is 11.2. The molecule has 0 unspecified atom stereocenters. The molecular formula is C18H22ClNO2S. The summed E-state index contributed by atoms with van der Waals surface area (Å²) in [5.74, 6) is 1.36. The predicted molar refractivity (Wildman–Crippen MR) is 96.3 cm³/mol. The van der Waals surface area contributed by atoms with E-state index in [0.717, 1.165) is 17.0 Å². The Labute approximate surface area is 146 Å². The zero-order valence-corrected chi connectivity index (χ0v) is 14.9. The van der Waals surface area contributed by atoms with Crippen molar-refractivity contribution in [1.82, 2.24) is 5.32 Å². The van der Waals surface area contributed by atoms with Crippen LogP contribution in [0.5, 0.6) is 0 Å². The van der Waals surface area contributed by atoms with Crippen molar-refractivity contribution in [2.75, 3.05) is 12.4 Å². The van der Waals surface area contributed by atoms with Gasteiger partial charge in [-0.05, 0) is 43.4 Å². The molecule has 0 bridgehead atoms. The van der Waals surface area contributed by atoms with Gasteiger partial charge in [0.15, 0.2) is 0 Å². The highest BCUT2D eigenvalue weighted by atomic mass is 35.5. The number of hydrogen-bond acceptors (Lipinski definition) is 4. The van der Waals surface area contributed by atoms with E-state index in [9.17, 15) is 4.79 Å². The molecule has 124 valence electrons. The summed E-state index contributed by atoms with van der Waals surface area (Å²) >= 11 is 7.64. The Kier molecular flexibility index (Phi) is 5.54. The molecule has 1 N–H and O–H groups in total. The van der Waals surface area contributed by atoms with Crippen LogP contribution >= 0.6 is 23.4 Å². The molecule has 0 radical (unpaired) electrons. The Morgan fingerprint density at radius 3 is 2.78 bits per heavy atom. The number of halogens is 1. The van der Waals surface area contributed by atoms with Crippen molar-refractivity contribution in [3.63, 3.8) is 0 Å². The van der Waals surface area contributed by atoms with E-state index in [-0.39, 0.29) is 5.97 Å². The smallest absolute Gasteiger partial charge is 0.346 e. The second-order valence-corrected chi connectivity index (χ2v) is 7.50. The monoisotopic (exact) mass is 351 g/mol. The second-order valence-electron chi connectivity index (χ2n) is 6.04. The van der Waals surface area contributed by atoms with E-state index >= 15 is 0 Å². The van der Waals surface area contributed by atoms with E-state index in [2.05, 4.69) is 5.32 Å². The molecule has 1 fully saturated rings. The number of fused-ring (bicyclic) bond motifs is 1. The van der Waals surface area contributed by atoms with Crippen LogP contribution in [0.4, 0.5) is 0 Å². The Morgan fingerprint density at radius 2 is 2.04 bits per heavy atom. The minimum absolute atomic E-state index is 0.228. The predicted octanol–water partition coefficient (Wildman–Crippen LogP) is 4.47. The first-order valence-electron chi connectivity index (χ1n) is 8.25. The third-order valence-electron chi connectivity index (χ3n) is 4.50. The lowest BCUT2D eigenvalue weighted by atomic mass is 9.85. The summed E-state index contributed by atoms with van der Waals surface area (Å²) in [6.45, 7) is 2.23. The maximum Gasteiger partial charge on any atom is 0.346 e.